The summed E-state index contributed by atoms with van der Waals surface area (Å²) in [6.45, 7) is 11.9. The van der Waals surface area contributed by atoms with Crippen LogP contribution in [0.4, 0.5) is 20.6 Å². The summed E-state index contributed by atoms with van der Waals surface area (Å²) in [6, 6.07) is 13.9. The molecule has 1 aliphatic heterocycles. The van der Waals surface area contributed by atoms with Gasteiger partial charge in [0, 0.05) is 30.6 Å². The molecule has 1 aliphatic carbocycles. The predicted octanol–water partition coefficient (Wildman–Crippen LogP) is 6.69. The lowest BCUT2D eigenvalue weighted by molar-refractivity contribution is -0.0392. The fourth-order valence-electron chi connectivity index (χ4n) is 5.34. The number of nitrogens with one attached hydrogen (secondary N) is 2. The summed E-state index contributed by atoms with van der Waals surface area (Å²) in [5, 5.41) is 11.4. The van der Waals surface area contributed by atoms with Gasteiger partial charge < -0.3 is 34.7 Å². The van der Waals surface area contributed by atoms with Crippen LogP contribution in [0.1, 0.15) is 56.7 Å². The van der Waals surface area contributed by atoms with E-state index in [1.54, 1.807) is 25.7 Å². The summed E-state index contributed by atoms with van der Waals surface area (Å²) in [7, 11) is 1.47. The zero-order valence-electron chi connectivity index (χ0n) is 26.9. The molecule has 2 aromatic rings. The number of alkyl halides is 1. The largest absolute Gasteiger partial charge is 0.467 e. The molecule has 0 bridgehead atoms. The SMILES string of the molecule is C=N/C(=N\C(=C/CC1CC(OCc2ccccc2)C1)Nc1cc(N2CCN(C(=O)OC(C)(C)C)CC2F)c(C)cc1C=N)OC. The first kappa shape index (κ1) is 33.6. The Labute approximate surface area is 265 Å². The van der Waals surface area contributed by atoms with Gasteiger partial charge in [-0.3, -0.25) is 0 Å². The van der Waals surface area contributed by atoms with Gasteiger partial charge in [-0.05, 0) is 88.9 Å². The van der Waals surface area contributed by atoms with E-state index in [1.165, 1.54) is 18.2 Å². The Morgan fingerprint density at radius 1 is 1.20 bits per heavy atom. The third-order valence-electron chi connectivity index (χ3n) is 7.77. The van der Waals surface area contributed by atoms with E-state index in [9.17, 15) is 4.79 Å². The van der Waals surface area contributed by atoms with Crippen LogP contribution in [0.25, 0.3) is 0 Å². The molecule has 45 heavy (non-hydrogen) atoms. The second-order valence-corrected chi connectivity index (χ2v) is 12.4. The van der Waals surface area contributed by atoms with Crippen LogP contribution in [0.3, 0.4) is 0 Å². The molecule has 11 heteroatoms. The van der Waals surface area contributed by atoms with Crippen molar-refractivity contribution >= 4 is 36.4 Å². The quantitative estimate of drug-likeness (QED) is 0.174. The van der Waals surface area contributed by atoms with E-state index in [4.69, 9.17) is 19.6 Å². The number of ether oxygens (including phenoxy) is 3. The van der Waals surface area contributed by atoms with Crippen molar-refractivity contribution in [3.8, 4) is 0 Å². The van der Waals surface area contributed by atoms with Crippen LogP contribution in [0, 0.1) is 18.3 Å². The highest BCUT2D eigenvalue weighted by molar-refractivity contribution is 5.89. The fourth-order valence-corrected chi connectivity index (χ4v) is 5.34. The van der Waals surface area contributed by atoms with Crippen molar-refractivity contribution in [1.29, 1.82) is 5.41 Å². The van der Waals surface area contributed by atoms with Gasteiger partial charge in [0.15, 0.2) is 6.30 Å². The number of anilines is 2. The first-order valence-electron chi connectivity index (χ1n) is 15.3. The summed E-state index contributed by atoms with van der Waals surface area (Å²) in [6.07, 6.45) is 4.14. The fraction of sp³-hybridized carbons (Fsp3) is 0.471. The molecule has 2 fully saturated rings. The van der Waals surface area contributed by atoms with Crippen molar-refractivity contribution in [2.75, 3.05) is 37.0 Å². The average Bonchev–Trinajstić information content (AvgIpc) is 2.98. The standard InChI is InChI=1S/C34H45FN6O4/c1-23-16-26(20-36)28(19-29(23)41-15-14-40(21-30(41)35)33(42)45-34(2,3)4)38-31(39-32(37-5)43-6)13-12-25-17-27(18-25)44-22-24-10-8-7-9-11-24/h7-11,13,16,19-20,25,27,30,36,38H,5,12,14-15,17-18,21-22H2,1-4,6H3/b31-13-,36-20?,39-32+. The van der Waals surface area contributed by atoms with Gasteiger partial charge in [0.1, 0.15) is 11.4 Å². The highest BCUT2D eigenvalue weighted by Gasteiger charge is 2.33. The van der Waals surface area contributed by atoms with Crippen LogP contribution in [-0.4, -0.2) is 74.7 Å². The Morgan fingerprint density at radius 3 is 2.56 bits per heavy atom. The normalized spacial score (nSPS) is 20.7. The lowest BCUT2D eigenvalue weighted by Crippen LogP contribution is -2.54. The lowest BCUT2D eigenvalue weighted by atomic mass is 9.80. The highest BCUT2D eigenvalue weighted by atomic mass is 19.1. The molecule has 1 heterocycles. The Bertz CT molecular complexity index is 1400. The molecule has 0 spiro atoms. The maximum absolute atomic E-state index is 15.6. The van der Waals surface area contributed by atoms with Crippen molar-refractivity contribution in [1.82, 2.24) is 4.90 Å². The van der Waals surface area contributed by atoms with Gasteiger partial charge in [-0.25, -0.2) is 14.2 Å². The number of benzene rings is 2. The van der Waals surface area contributed by atoms with E-state index in [1.807, 2.05) is 43.3 Å². The van der Waals surface area contributed by atoms with Gasteiger partial charge in [-0.15, -0.1) is 0 Å². The van der Waals surface area contributed by atoms with Crippen molar-refractivity contribution in [2.45, 2.75) is 71.6 Å². The Balaban J connectivity index is 1.47. The molecular weight excluding hydrogens is 575 g/mol. The molecule has 1 atom stereocenters. The molecule has 2 aliphatic rings. The van der Waals surface area contributed by atoms with Crippen LogP contribution >= 0.6 is 0 Å². The Morgan fingerprint density at radius 2 is 1.93 bits per heavy atom. The van der Waals surface area contributed by atoms with Crippen molar-refractivity contribution < 1.29 is 23.4 Å². The number of carbonyl (C=O) groups excluding carboxylic acids is 1. The van der Waals surface area contributed by atoms with Crippen LogP contribution in [0.15, 0.2) is 64.3 Å². The molecule has 0 radical (unpaired) electrons. The zero-order valence-corrected chi connectivity index (χ0v) is 26.9. The van der Waals surface area contributed by atoms with Crippen LogP contribution in [0.5, 0.6) is 0 Å². The van der Waals surface area contributed by atoms with E-state index in [-0.39, 0.29) is 25.2 Å². The second-order valence-electron chi connectivity index (χ2n) is 12.4. The number of halogens is 1. The minimum atomic E-state index is -1.43. The number of rotatable bonds is 10. The third kappa shape index (κ3) is 9.37. The van der Waals surface area contributed by atoms with Gasteiger partial charge in [0.2, 0.25) is 0 Å². The number of amides is 1. The lowest BCUT2D eigenvalue weighted by Gasteiger charge is -2.40. The van der Waals surface area contributed by atoms with Gasteiger partial charge in [-0.2, -0.15) is 4.99 Å². The monoisotopic (exact) mass is 620 g/mol. The van der Waals surface area contributed by atoms with E-state index >= 15 is 4.39 Å². The summed E-state index contributed by atoms with van der Waals surface area (Å²) in [5.41, 5.74) is 3.17. The van der Waals surface area contributed by atoms with Gasteiger partial charge in [0.25, 0.3) is 0 Å². The second kappa shape index (κ2) is 15.2. The van der Waals surface area contributed by atoms with Crippen LogP contribution < -0.4 is 10.2 Å². The molecule has 2 N–H and O–H groups in total. The molecule has 1 amide bonds. The molecule has 10 nitrogen and oxygen atoms in total. The summed E-state index contributed by atoms with van der Waals surface area (Å²) in [4.78, 5) is 23.9. The number of allylic oxidation sites excluding steroid dienone is 1. The molecule has 242 valence electrons. The number of aryl methyl sites for hydroxylation is 1. The maximum atomic E-state index is 15.6. The highest BCUT2D eigenvalue weighted by Crippen LogP contribution is 2.35. The Kier molecular flexibility index (Phi) is 11.3. The van der Waals surface area contributed by atoms with Crippen molar-refractivity contribution in [3.05, 3.63) is 71.1 Å². The number of hydrogen-bond donors (Lipinski definition) is 2. The number of carbonyl (C=O) groups is 1. The molecule has 1 saturated carbocycles. The molecule has 2 aromatic carbocycles. The number of hydrogen-bond acceptors (Lipinski definition) is 8. The number of nitrogens with zero attached hydrogens (tertiary/aromatic N) is 4. The summed E-state index contributed by atoms with van der Waals surface area (Å²) >= 11 is 0. The van der Waals surface area contributed by atoms with Gasteiger partial charge >= 0.3 is 12.1 Å². The van der Waals surface area contributed by atoms with E-state index in [2.05, 4.69) is 34.2 Å². The first-order valence-corrected chi connectivity index (χ1v) is 15.3. The number of piperazine rings is 1. The predicted molar refractivity (Wildman–Crippen MR) is 177 cm³/mol. The molecule has 1 unspecified atom stereocenters. The Hall–Kier alpha value is -4.25. The molecule has 4 rings (SSSR count). The summed E-state index contributed by atoms with van der Waals surface area (Å²) in [5.74, 6) is 0.919. The third-order valence-corrected chi connectivity index (χ3v) is 7.77. The number of amidine groups is 1. The maximum Gasteiger partial charge on any atom is 0.410 e. The van der Waals surface area contributed by atoms with E-state index in [0.717, 1.165) is 30.4 Å². The summed E-state index contributed by atoms with van der Waals surface area (Å²) < 4.78 is 32.3. The first-order chi connectivity index (χ1) is 21.5. The minimum Gasteiger partial charge on any atom is -0.467 e. The van der Waals surface area contributed by atoms with E-state index in [0.29, 0.717) is 41.8 Å². The van der Waals surface area contributed by atoms with Crippen LogP contribution in [-0.2, 0) is 20.8 Å². The molecule has 0 aromatic heterocycles. The molecular formula is C34H45FN6O4. The number of methoxy groups -OCH3 is 1. The smallest absolute Gasteiger partial charge is 0.410 e. The topological polar surface area (TPSA) is 112 Å². The van der Waals surface area contributed by atoms with Crippen molar-refractivity contribution in [3.63, 3.8) is 0 Å². The van der Waals surface area contributed by atoms with Gasteiger partial charge in [-0.1, -0.05) is 30.3 Å². The number of aliphatic imine (C=N–C) groups is 2. The average molecular weight is 621 g/mol. The zero-order chi connectivity index (χ0) is 32.6. The van der Waals surface area contributed by atoms with E-state index < -0.39 is 18.0 Å². The minimum absolute atomic E-state index is 0.0947. The van der Waals surface area contributed by atoms with Crippen molar-refractivity contribution in [2.24, 2.45) is 15.9 Å². The van der Waals surface area contributed by atoms with Gasteiger partial charge in [0.05, 0.1) is 32.1 Å². The van der Waals surface area contributed by atoms with Crippen LogP contribution in [0.2, 0.25) is 0 Å². The molecule has 1 saturated heterocycles.